The molecule has 0 radical (unpaired) electrons. The highest BCUT2D eigenvalue weighted by atomic mass is 79.9. The van der Waals surface area contributed by atoms with Crippen LogP contribution in [0.25, 0.3) is 0 Å². The predicted octanol–water partition coefficient (Wildman–Crippen LogP) is 3.85. The van der Waals surface area contributed by atoms with Gasteiger partial charge in [0.2, 0.25) is 0 Å². The van der Waals surface area contributed by atoms with Crippen LogP contribution in [0.1, 0.15) is 22.9 Å². The van der Waals surface area contributed by atoms with Crippen molar-refractivity contribution in [1.82, 2.24) is 5.32 Å². The van der Waals surface area contributed by atoms with E-state index < -0.39 is 0 Å². The van der Waals surface area contributed by atoms with Gasteiger partial charge in [0, 0.05) is 0 Å². The summed E-state index contributed by atoms with van der Waals surface area (Å²) in [6.07, 6.45) is 0.927. The van der Waals surface area contributed by atoms with Crippen LogP contribution >= 0.6 is 15.9 Å². The maximum atomic E-state index is 5.59. The highest BCUT2D eigenvalue weighted by Gasteiger charge is 2.13. The quantitative estimate of drug-likeness (QED) is 0.926. The smallest absolute Gasteiger partial charge is 0.169 e. The van der Waals surface area contributed by atoms with Crippen molar-refractivity contribution < 1.29 is 4.42 Å². The van der Waals surface area contributed by atoms with Gasteiger partial charge in [-0.3, -0.25) is 0 Å². The van der Waals surface area contributed by atoms with Crippen LogP contribution in [0, 0.1) is 6.92 Å². The summed E-state index contributed by atoms with van der Waals surface area (Å²) in [6.45, 7) is 2.10. The molecule has 0 spiro atoms. The molecule has 0 saturated heterocycles. The summed E-state index contributed by atoms with van der Waals surface area (Å²) in [5.41, 5.74) is 2.60. The Bertz CT molecular complexity index is 475. The maximum Gasteiger partial charge on any atom is 0.169 e. The second-order valence-corrected chi connectivity index (χ2v) is 4.95. The summed E-state index contributed by atoms with van der Waals surface area (Å²) in [5, 5.41) is 3.28. The summed E-state index contributed by atoms with van der Waals surface area (Å²) >= 11 is 3.33. The Labute approximate surface area is 110 Å². The van der Waals surface area contributed by atoms with Gasteiger partial charge in [-0.25, -0.2) is 0 Å². The molecule has 0 aliphatic heterocycles. The molecule has 1 aromatic heterocycles. The molecule has 0 saturated carbocycles. The average molecular weight is 294 g/mol. The largest absolute Gasteiger partial charge is 0.453 e. The molecule has 1 N–H and O–H groups in total. The van der Waals surface area contributed by atoms with E-state index in [2.05, 4.69) is 52.4 Å². The molecule has 90 valence electrons. The van der Waals surface area contributed by atoms with Crippen LogP contribution in [-0.4, -0.2) is 7.05 Å². The predicted molar refractivity (Wildman–Crippen MR) is 73.1 cm³/mol. The zero-order valence-corrected chi connectivity index (χ0v) is 11.6. The minimum atomic E-state index is 0.212. The molecule has 3 heteroatoms. The molecule has 2 rings (SSSR count). The molecule has 0 aliphatic carbocycles. The molecule has 1 heterocycles. The van der Waals surface area contributed by atoms with Gasteiger partial charge in [-0.05, 0) is 54.0 Å². The Hall–Kier alpha value is -1.06. The minimum absolute atomic E-state index is 0.212. The molecule has 1 aromatic carbocycles. The molecule has 2 nitrogen and oxygen atoms in total. The number of hydrogen-bond acceptors (Lipinski definition) is 2. The molecule has 0 bridgehead atoms. The average Bonchev–Trinajstić information content (AvgIpc) is 2.75. The van der Waals surface area contributed by atoms with E-state index in [0.29, 0.717) is 0 Å². The SMILES string of the molecule is CNC(Cc1ccc(C)cc1)c1ccc(Br)o1. The zero-order chi connectivity index (χ0) is 12.3. The van der Waals surface area contributed by atoms with Crippen LogP contribution in [0.5, 0.6) is 0 Å². The zero-order valence-electron chi connectivity index (χ0n) is 10.0. The van der Waals surface area contributed by atoms with Crippen LogP contribution in [0.15, 0.2) is 45.5 Å². The van der Waals surface area contributed by atoms with Gasteiger partial charge < -0.3 is 9.73 Å². The number of rotatable bonds is 4. The molecule has 0 aliphatic rings. The number of nitrogens with one attached hydrogen (secondary N) is 1. The first kappa shape index (κ1) is 12.4. The molecule has 1 atom stereocenters. The first-order valence-electron chi connectivity index (χ1n) is 5.67. The van der Waals surface area contributed by atoms with Crippen molar-refractivity contribution in [1.29, 1.82) is 0 Å². The van der Waals surface area contributed by atoms with Gasteiger partial charge >= 0.3 is 0 Å². The van der Waals surface area contributed by atoms with Crippen molar-refractivity contribution in [3.05, 3.63) is 58.0 Å². The summed E-state index contributed by atoms with van der Waals surface area (Å²) in [4.78, 5) is 0. The van der Waals surface area contributed by atoms with Gasteiger partial charge in [0.05, 0.1) is 6.04 Å². The van der Waals surface area contributed by atoms with Crippen LogP contribution in [0.2, 0.25) is 0 Å². The lowest BCUT2D eigenvalue weighted by Gasteiger charge is -2.13. The molecular formula is C14H16BrNO. The third-order valence-corrected chi connectivity index (χ3v) is 3.27. The van der Waals surface area contributed by atoms with Crippen molar-refractivity contribution in [3.8, 4) is 0 Å². The van der Waals surface area contributed by atoms with Crippen molar-refractivity contribution in [2.45, 2.75) is 19.4 Å². The van der Waals surface area contributed by atoms with Crippen molar-refractivity contribution in [2.75, 3.05) is 7.05 Å². The van der Waals surface area contributed by atoms with Crippen molar-refractivity contribution in [3.63, 3.8) is 0 Å². The molecule has 0 amide bonds. The van der Waals surface area contributed by atoms with Crippen molar-refractivity contribution >= 4 is 15.9 Å². The number of aryl methyl sites for hydroxylation is 1. The van der Waals surface area contributed by atoms with Crippen LogP contribution in [-0.2, 0) is 6.42 Å². The topological polar surface area (TPSA) is 25.2 Å². The molecule has 1 unspecified atom stereocenters. The van der Waals surface area contributed by atoms with E-state index in [0.717, 1.165) is 16.9 Å². The molecule has 2 aromatic rings. The fourth-order valence-electron chi connectivity index (χ4n) is 1.82. The normalized spacial score (nSPS) is 12.6. The number of furan rings is 1. The van der Waals surface area contributed by atoms with E-state index in [1.807, 2.05) is 19.2 Å². The maximum absolute atomic E-state index is 5.59. The molecular weight excluding hydrogens is 278 g/mol. The minimum Gasteiger partial charge on any atom is -0.453 e. The fourth-order valence-corrected chi connectivity index (χ4v) is 2.14. The van der Waals surface area contributed by atoms with Gasteiger partial charge in [0.15, 0.2) is 4.67 Å². The van der Waals surface area contributed by atoms with Gasteiger partial charge in [0.1, 0.15) is 5.76 Å². The lowest BCUT2D eigenvalue weighted by atomic mass is 10.0. The van der Waals surface area contributed by atoms with Crippen LogP contribution < -0.4 is 5.32 Å². The first-order valence-corrected chi connectivity index (χ1v) is 6.46. The van der Waals surface area contributed by atoms with E-state index in [1.165, 1.54) is 11.1 Å². The van der Waals surface area contributed by atoms with E-state index in [9.17, 15) is 0 Å². The molecule has 0 fully saturated rings. The summed E-state index contributed by atoms with van der Waals surface area (Å²) in [5.74, 6) is 0.958. The second kappa shape index (κ2) is 5.52. The number of likely N-dealkylation sites (N-methyl/N-ethyl adjacent to an activating group) is 1. The van der Waals surface area contributed by atoms with E-state index >= 15 is 0 Å². The van der Waals surface area contributed by atoms with Gasteiger partial charge in [-0.15, -0.1) is 0 Å². The third-order valence-electron chi connectivity index (χ3n) is 2.85. The Morgan fingerprint density at radius 2 is 1.88 bits per heavy atom. The van der Waals surface area contributed by atoms with Crippen LogP contribution in [0.4, 0.5) is 0 Å². The fraction of sp³-hybridized carbons (Fsp3) is 0.286. The van der Waals surface area contributed by atoms with Crippen molar-refractivity contribution in [2.24, 2.45) is 0 Å². The monoisotopic (exact) mass is 293 g/mol. The Balaban J connectivity index is 2.12. The summed E-state index contributed by atoms with van der Waals surface area (Å²) < 4.78 is 6.36. The molecule has 17 heavy (non-hydrogen) atoms. The Morgan fingerprint density at radius 3 is 2.41 bits per heavy atom. The Kier molecular flexibility index (Phi) is 4.02. The van der Waals surface area contributed by atoms with E-state index in [-0.39, 0.29) is 6.04 Å². The highest BCUT2D eigenvalue weighted by Crippen LogP contribution is 2.23. The third kappa shape index (κ3) is 3.20. The lowest BCUT2D eigenvalue weighted by Crippen LogP contribution is -2.18. The number of benzene rings is 1. The van der Waals surface area contributed by atoms with Gasteiger partial charge in [0.25, 0.3) is 0 Å². The lowest BCUT2D eigenvalue weighted by molar-refractivity contribution is 0.417. The first-order chi connectivity index (χ1) is 8.19. The summed E-state index contributed by atoms with van der Waals surface area (Å²) in [6, 6.07) is 12.7. The van der Waals surface area contributed by atoms with Gasteiger partial charge in [-0.1, -0.05) is 29.8 Å². The number of hydrogen-bond donors (Lipinski definition) is 1. The highest BCUT2D eigenvalue weighted by molar-refractivity contribution is 9.10. The number of halogens is 1. The summed E-state index contributed by atoms with van der Waals surface area (Å²) in [7, 11) is 1.95. The van der Waals surface area contributed by atoms with E-state index in [4.69, 9.17) is 4.42 Å². The van der Waals surface area contributed by atoms with Gasteiger partial charge in [-0.2, -0.15) is 0 Å². The second-order valence-electron chi connectivity index (χ2n) is 4.17. The van der Waals surface area contributed by atoms with Crippen LogP contribution in [0.3, 0.4) is 0 Å². The Morgan fingerprint density at radius 1 is 1.18 bits per heavy atom. The van der Waals surface area contributed by atoms with E-state index in [1.54, 1.807) is 0 Å². The standard InChI is InChI=1S/C14H16BrNO/c1-10-3-5-11(6-4-10)9-12(16-2)13-7-8-14(15)17-13/h3-8,12,16H,9H2,1-2H3.